The van der Waals surface area contributed by atoms with Gasteiger partial charge in [-0.15, -0.1) is 0 Å². The number of amides is 1. The highest BCUT2D eigenvalue weighted by atomic mass is 16.3. The first-order valence-corrected chi connectivity index (χ1v) is 11.7. The van der Waals surface area contributed by atoms with E-state index >= 15 is 0 Å². The summed E-state index contributed by atoms with van der Waals surface area (Å²) in [5.41, 5.74) is 4.41. The number of phenols is 2. The quantitative estimate of drug-likeness (QED) is 0.199. The van der Waals surface area contributed by atoms with E-state index in [9.17, 15) is 15.0 Å². The number of rotatable bonds is 4. The summed E-state index contributed by atoms with van der Waals surface area (Å²) in [6.07, 6.45) is 5.72. The third-order valence-electron chi connectivity index (χ3n) is 6.54. The van der Waals surface area contributed by atoms with Crippen LogP contribution in [-0.4, -0.2) is 22.3 Å². The van der Waals surface area contributed by atoms with Crippen molar-refractivity contribution in [2.24, 2.45) is 4.99 Å². The van der Waals surface area contributed by atoms with Crippen molar-refractivity contribution < 1.29 is 15.0 Å². The SMILES string of the molecule is O=C1Cc2cc(N=Cc3c(O)ccc4ccccc34)c(/C=C/c3c(O)ccc4ccccc34)cc2N1. The van der Waals surface area contributed by atoms with Crippen molar-refractivity contribution in [2.75, 3.05) is 5.32 Å². The number of fused-ring (bicyclic) bond motifs is 3. The van der Waals surface area contributed by atoms with Crippen LogP contribution < -0.4 is 5.32 Å². The second-order valence-electron chi connectivity index (χ2n) is 8.82. The van der Waals surface area contributed by atoms with Crippen molar-refractivity contribution in [3.05, 3.63) is 107 Å². The number of benzene rings is 5. The number of carbonyl (C=O) groups is 1. The van der Waals surface area contributed by atoms with Gasteiger partial charge in [-0.3, -0.25) is 9.79 Å². The molecule has 0 radical (unpaired) electrons. The number of aliphatic imine (C=N–C) groups is 1. The van der Waals surface area contributed by atoms with Crippen LogP contribution in [0.15, 0.2) is 89.9 Å². The lowest BCUT2D eigenvalue weighted by Crippen LogP contribution is -2.03. The summed E-state index contributed by atoms with van der Waals surface area (Å²) in [6.45, 7) is 0. The van der Waals surface area contributed by atoms with Gasteiger partial charge in [0, 0.05) is 28.6 Å². The Hall–Kier alpha value is -4.90. The van der Waals surface area contributed by atoms with E-state index < -0.39 is 0 Å². The maximum absolute atomic E-state index is 12.0. The highest BCUT2D eigenvalue weighted by Crippen LogP contribution is 2.35. The van der Waals surface area contributed by atoms with E-state index in [1.165, 1.54) is 0 Å². The van der Waals surface area contributed by atoms with Gasteiger partial charge in [-0.05, 0) is 57.4 Å². The second-order valence-corrected chi connectivity index (χ2v) is 8.82. The number of hydrogen-bond donors (Lipinski definition) is 3. The summed E-state index contributed by atoms with van der Waals surface area (Å²) in [6, 6.07) is 26.6. The van der Waals surface area contributed by atoms with Gasteiger partial charge in [0.15, 0.2) is 0 Å². The molecule has 0 spiro atoms. The Kier molecular flexibility index (Phi) is 5.23. The number of aromatic hydroxyl groups is 2. The minimum Gasteiger partial charge on any atom is -0.507 e. The first-order chi connectivity index (χ1) is 17.6. The molecule has 0 aromatic heterocycles. The molecule has 3 N–H and O–H groups in total. The first kappa shape index (κ1) is 21.6. The molecule has 0 fully saturated rings. The molecule has 0 saturated carbocycles. The monoisotopic (exact) mass is 470 g/mol. The zero-order chi connectivity index (χ0) is 24.6. The van der Waals surface area contributed by atoms with Gasteiger partial charge in [-0.2, -0.15) is 0 Å². The molecule has 6 rings (SSSR count). The molecule has 1 aliphatic rings. The van der Waals surface area contributed by atoms with Crippen molar-refractivity contribution in [3.8, 4) is 11.5 Å². The summed E-state index contributed by atoms with van der Waals surface area (Å²) in [5.74, 6) is 0.276. The van der Waals surface area contributed by atoms with Crippen LogP contribution in [0, 0.1) is 0 Å². The Labute approximate surface area is 207 Å². The third-order valence-corrected chi connectivity index (χ3v) is 6.54. The zero-order valence-electron chi connectivity index (χ0n) is 19.3. The number of phenolic OH excluding ortho intramolecular Hbond substituents is 2. The number of nitrogens with zero attached hydrogens (tertiary/aromatic N) is 1. The zero-order valence-corrected chi connectivity index (χ0v) is 19.3. The van der Waals surface area contributed by atoms with E-state index in [0.717, 1.165) is 38.4 Å². The first-order valence-electron chi connectivity index (χ1n) is 11.7. The van der Waals surface area contributed by atoms with Crippen molar-refractivity contribution in [2.45, 2.75) is 6.42 Å². The van der Waals surface area contributed by atoms with E-state index in [4.69, 9.17) is 4.99 Å². The molecule has 5 aromatic rings. The third kappa shape index (κ3) is 3.87. The smallest absolute Gasteiger partial charge is 0.228 e. The van der Waals surface area contributed by atoms with Crippen molar-refractivity contribution in [1.82, 2.24) is 0 Å². The summed E-state index contributed by atoms with van der Waals surface area (Å²) in [4.78, 5) is 16.8. The van der Waals surface area contributed by atoms with Crippen LogP contribution in [0.25, 0.3) is 33.7 Å². The van der Waals surface area contributed by atoms with Crippen molar-refractivity contribution in [3.63, 3.8) is 0 Å². The van der Waals surface area contributed by atoms with E-state index in [0.29, 0.717) is 23.2 Å². The van der Waals surface area contributed by atoms with Crippen LogP contribution in [0.1, 0.15) is 22.3 Å². The van der Waals surface area contributed by atoms with Gasteiger partial charge in [-0.25, -0.2) is 0 Å². The number of hydrogen-bond acceptors (Lipinski definition) is 4. The minimum atomic E-state index is -0.0561. The molecule has 0 atom stereocenters. The van der Waals surface area contributed by atoms with Crippen LogP contribution in [0.5, 0.6) is 11.5 Å². The predicted molar refractivity (Wildman–Crippen MR) is 146 cm³/mol. The summed E-state index contributed by atoms with van der Waals surface area (Å²) in [7, 11) is 0. The van der Waals surface area contributed by atoms with Crippen molar-refractivity contribution in [1.29, 1.82) is 0 Å². The topological polar surface area (TPSA) is 81.9 Å². The van der Waals surface area contributed by atoms with Crippen LogP contribution in [0.3, 0.4) is 0 Å². The fraction of sp³-hybridized carbons (Fsp3) is 0.0323. The Morgan fingerprint density at radius 2 is 1.39 bits per heavy atom. The molecule has 1 amide bonds. The fourth-order valence-corrected chi connectivity index (χ4v) is 4.71. The molecular formula is C31H22N2O3. The predicted octanol–water partition coefficient (Wildman–Crippen LogP) is 6.82. The summed E-state index contributed by atoms with van der Waals surface area (Å²) >= 11 is 0. The summed E-state index contributed by atoms with van der Waals surface area (Å²) in [5, 5.41) is 27.9. The average molecular weight is 471 g/mol. The Morgan fingerprint density at radius 3 is 2.11 bits per heavy atom. The maximum atomic E-state index is 12.0. The fourth-order valence-electron chi connectivity index (χ4n) is 4.71. The normalized spacial score (nSPS) is 13.2. The van der Waals surface area contributed by atoms with Gasteiger partial charge in [0.25, 0.3) is 0 Å². The van der Waals surface area contributed by atoms with E-state index in [-0.39, 0.29) is 17.4 Å². The van der Waals surface area contributed by atoms with Crippen molar-refractivity contribution >= 4 is 57.2 Å². The molecule has 0 unspecified atom stereocenters. The Bertz CT molecular complexity index is 1610. The lowest BCUT2D eigenvalue weighted by molar-refractivity contribution is -0.115. The highest BCUT2D eigenvalue weighted by molar-refractivity contribution is 6.04. The van der Waals surface area contributed by atoms with Gasteiger partial charge >= 0.3 is 0 Å². The molecule has 36 heavy (non-hydrogen) atoms. The Morgan fingerprint density at radius 1 is 0.750 bits per heavy atom. The van der Waals surface area contributed by atoms with Crippen LogP contribution in [0.4, 0.5) is 11.4 Å². The highest BCUT2D eigenvalue weighted by Gasteiger charge is 2.19. The minimum absolute atomic E-state index is 0.0561. The number of anilines is 1. The lowest BCUT2D eigenvalue weighted by Gasteiger charge is -2.08. The number of nitrogens with one attached hydrogen (secondary N) is 1. The molecule has 5 nitrogen and oxygen atoms in total. The van der Waals surface area contributed by atoms with Gasteiger partial charge in [-0.1, -0.05) is 66.7 Å². The van der Waals surface area contributed by atoms with Crippen LogP contribution >= 0.6 is 0 Å². The standard InChI is InChI=1S/C31H22N2O3/c34-29-13-10-19-5-1-3-7-23(19)25(29)12-9-21-15-28-22(17-31(36)33-28)16-27(21)32-18-26-24-8-4-2-6-20(24)11-14-30(26)35/h1-16,18,34-35H,17H2,(H,33,36)/b12-9+,32-18?. The van der Waals surface area contributed by atoms with E-state index in [1.54, 1.807) is 18.3 Å². The number of carbonyl (C=O) groups excluding carboxylic acids is 1. The molecule has 5 heteroatoms. The van der Waals surface area contributed by atoms with E-state index in [2.05, 4.69) is 5.32 Å². The largest absolute Gasteiger partial charge is 0.507 e. The molecule has 0 bridgehead atoms. The molecule has 0 saturated heterocycles. The average Bonchev–Trinajstić information content (AvgIpc) is 3.26. The van der Waals surface area contributed by atoms with E-state index in [1.807, 2.05) is 84.9 Å². The van der Waals surface area contributed by atoms with Gasteiger partial charge in [0.05, 0.1) is 12.1 Å². The summed E-state index contributed by atoms with van der Waals surface area (Å²) < 4.78 is 0. The maximum Gasteiger partial charge on any atom is 0.228 e. The Balaban J connectivity index is 1.47. The van der Waals surface area contributed by atoms with Gasteiger partial charge in [0.1, 0.15) is 11.5 Å². The molecule has 1 heterocycles. The lowest BCUT2D eigenvalue weighted by atomic mass is 10.0. The van der Waals surface area contributed by atoms with Crippen LogP contribution in [0.2, 0.25) is 0 Å². The van der Waals surface area contributed by atoms with Gasteiger partial charge in [0.2, 0.25) is 5.91 Å². The molecule has 174 valence electrons. The van der Waals surface area contributed by atoms with Gasteiger partial charge < -0.3 is 15.5 Å². The molecule has 1 aliphatic heterocycles. The molecular weight excluding hydrogens is 448 g/mol. The second kappa shape index (κ2) is 8.71. The van der Waals surface area contributed by atoms with Crippen LogP contribution in [-0.2, 0) is 11.2 Å². The molecule has 0 aliphatic carbocycles. The molecule has 5 aromatic carbocycles.